The quantitative estimate of drug-likeness (QED) is 0.781. The van der Waals surface area contributed by atoms with Gasteiger partial charge >= 0.3 is 5.97 Å². The summed E-state index contributed by atoms with van der Waals surface area (Å²) >= 11 is 0. The minimum atomic E-state index is -3.82. The van der Waals surface area contributed by atoms with Crippen molar-refractivity contribution < 1.29 is 18.3 Å². The number of carboxylic acid groups (broad SMARTS) is 1. The van der Waals surface area contributed by atoms with E-state index in [2.05, 4.69) is 15.1 Å². The van der Waals surface area contributed by atoms with E-state index in [1.54, 1.807) is 0 Å². The summed E-state index contributed by atoms with van der Waals surface area (Å²) in [6.45, 7) is 3.18. The first-order valence-electron chi connectivity index (χ1n) is 6.97. The highest BCUT2D eigenvalue weighted by atomic mass is 32.2. The Morgan fingerprint density at radius 2 is 2.00 bits per heavy atom. The van der Waals surface area contributed by atoms with Gasteiger partial charge in [-0.3, -0.25) is 5.10 Å². The first-order valence-corrected chi connectivity index (χ1v) is 8.41. The standard InChI is InChI=1S/C12H18N4O4S/c17-12(18)10-7-13-14-11(10)21(19,20)16-5-3-15(4-6-16)8-9-1-2-9/h7,9H,1-6,8H2,(H,13,14)(H,17,18). The van der Waals surface area contributed by atoms with Gasteiger partial charge in [0.1, 0.15) is 5.56 Å². The number of hydrogen-bond acceptors (Lipinski definition) is 5. The van der Waals surface area contributed by atoms with Crippen LogP contribution in [0.4, 0.5) is 0 Å². The summed E-state index contributed by atoms with van der Waals surface area (Å²) in [6, 6.07) is 0. The lowest BCUT2D eigenvalue weighted by molar-refractivity contribution is 0.0692. The van der Waals surface area contributed by atoms with E-state index in [9.17, 15) is 13.2 Å². The van der Waals surface area contributed by atoms with Crippen LogP contribution >= 0.6 is 0 Å². The monoisotopic (exact) mass is 314 g/mol. The average molecular weight is 314 g/mol. The molecule has 0 amide bonds. The van der Waals surface area contributed by atoms with Crippen molar-refractivity contribution in [2.75, 3.05) is 32.7 Å². The van der Waals surface area contributed by atoms with Crippen LogP contribution in [0.1, 0.15) is 23.2 Å². The van der Waals surface area contributed by atoms with E-state index in [1.807, 2.05) is 0 Å². The van der Waals surface area contributed by atoms with Gasteiger partial charge in [-0.1, -0.05) is 0 Å². The van der Waals surface area contributed by atoms with Crippen molar-refractivity contribution in [3.63, 3.8) is 0 Å². The Morgan fingerprint density at radius 1 is 1.33 bits per heavy atom. The molecule has 0 aromatic carbocycles. The smallest absolute Gasteiger partial charge is 0.340 e. The summed E-state index contributed by atoms with van der Waals surface area (Å²) < 4.78 is 26.3. The highest BCUT2D eigenvalue weighted by Gasteiger charge is 2.34. The molecule has 2 fully saturated rings. The van der Waals surface area contributed by atoms with Gasteiger partial charge in [0.05, 0.1) is 6.20 Å². The molecule has 0 atom stereocenters. The lowest BCUT2D eigenvalue weighted by Gasteiger charge is -2.33. The Hall–Kier alpha value is -1.45. The number of carbonyl (C=O) groups is 1. The molecule has 21 heavy (non-hydrogen) atoms. The van der Waals surface area contributed by atoms with Crippen LogP contribution in [-0.2, 0) is 10.0 Å². The van der Waals surface area contributed by atoms with Gasteiger partial charge in [0.25, 0.3) is 10.0 Å². The van der Waals surface area contributed by atoms with E-state index in [-0.39, 0.29) is 10.6 Å². The van der Waals surface area contributed by atoms with E-state index in [1.165, 1.54) is 17.1 Å². The summed E-state index contributed by atoms with van der Waals surface area (Å²) in [4.78, 5) is 13.3. The number of sulfonamides is 1. The van der Waals surface area contributed by atoms with Crippen molar-refractivity contribution >= 4 is 16.0 Å². The molecule has 1 saturated heterocycles. The summed E-state index contributed by atoms with van der Waals surface area (Å²) in [5.41, 5.74) is -0.310. The second-order valence-corrected chi connectivity index (χ2v) is 7.44. The van der Waals surface area contributed by atoms with E-state index in [4.69, 9.17) is 5.11 Å². The fourth-order valence-corrected chi connectivity index (χ4v) is 4.06. The van der Waals surface area contributed by atoms with E-state index in [0.29, 0.717) is 26.2 Å². The van der Waals surface area contributed by atoms with Gasteiger partial charge in [-0.25, -0.2) is 13.2 Å². The van der Waals surface area contributed by atoms with Crippen molar-refractivity contribution in [1.82, 2.24) is 19.4 Å². The van der Waals surface area contributed by atoms with Crippen molar-refractivity contribution in [1.29, 1.82) is 0 Å². The van der Waals surface area contributed by atoms with Crippen LogP contribution in [0.25, 0.3) is 0 Å². The zero-order chi connectivity index (χ0) is 15.0. The van der Waals surface area contributed by atoms with E-state index in [0.717, 1.165) is 18.7 Å². The number of aromatic amines is 1. The molecule has 0 radical (unpaired) electrons. The van der Waals surface area contributed by atoms with Crippen LogP contribution < -0.4 is 0 Å². The van der Waals surface area contributed by atoms with Gasteiger partial charge in [-0.15, -0.1) is 0 Å². The van der Waals surface area contributed by atoms with Crippen molar-refractivity contribution in [2.45, 2.75) is 17.9 Å². The molecular weight excluding hydrogens is 296 g/mol. The predicted octanol–water partition coefficient (Wildman–Crippen LogP) is -0.176. The zero-order valence-corrected chi connectivity index (χ0v) is 12.3. The lowest BCUT2D eigenvalue weighted by Crippen LogP contribution is -2.49. The van der Waals surface area contributed by atoms with Gasteiger partial charge in [0.15, 0.2) is 5.03 Å². The van der Waals surface area contributed by atoms with E-state index < -0.39 is 16.0 Å². The number of nitrogens with one attached hydrogen (secondary N) is 1. The third kappa shape index (κ3) is 2.94. The molecule has 1 aromatic heterocycles. The zero-order valence-electron chi connectivity index (χ0n) is 11.5. The Labute approximate surface area is 122 Å². The third-order valence-electron chi connectivity index (χ3n) is 3.98. The number of nitrogens with zero attached hydrogens (tertiary/aromatic N) is 3. The van der Waals surface area contributed by atoms with Crippen molar-refractivity contribution in [3.8, 4) is 0 Å². The molecule has 0 unspecified atom stereocenters. The minimum Gasteiger partial charge on any atom is -0.478 e. The topological polar surface area (TPSA) is 107 Å². The van der Waals surface area contributed by atoms with Gasteiger partial charge in [-0.05, 0) is 18.8 Å². The summed E-state index contributed by atoms with van der Waals surface area (Å²) in [5.74, 6) is -0.519. The number of aromatic carboxylic acids is 1. The van der Waals surface area contributed by atoms with Crippen molar-refractivity contribution in [2.24, 2.45) is 5.92 Å². The van der Waals surface area contributed by atoms with Crippen LogP contribution in [0, 0.1) is 5.92 Å². The number of piperazine rings is 1. The predicted molar refractivity (Wildman–Crippen MR) is 73.5 cm³/mol. The van der Waals surface area contributed by atoms with Crippen LogP contribution in [0.15, 0.2) is 11.2 Å². The molecule has 0 spiro atoms. The average Bonchev–Trinajstić information content (AvgIpc) is 3.10. The molecule has 1 aliphatic carbocycles. The Kier molecular flexibility index (Phi) is 3.72. The molecule has 3 rings (SSSR count). The fraction of sp³-hybridized carbons (Fsp3) is 0.667. The molecule has 2 aliphatic rings. The number of carboxylic acids is 1. The molecule has 2 N–H and O–H groups in total. The summed E-state index contributed by atoms with van der Waals surface area (Å²) in [5, 5.41) is 14.5. The maximum absolute atomic E-state index is 12.5. The molecule has 9 heteroatoms. The maximum Gasteiger partial charge on any atom is 0.340 e. The Bertz CT molecular complexity index is 629. The third-order valence-corrected chi connectivity index (χ3v) is 5.85. The second-order valence-electron chi connectivity index (χ2n) is 5.57. The van der Waals surface area contributed by atoms with Gasteiger partial charge in [-0.2, -0.15) is 9.40 Å². The number of aromatic nitrogens is 2. The fourth-order valence-electron chi connectivity index (χ4n) is 2.57. The Morgan fingerprint density at radius 3 is 2.57 bits per heavy atom. The number of H-pyrrole nitrogens is 1. The second kappa shape index (κ2) is 5.39. The number of hydrogen-bond donors (Lipinski definition) is 2. The Balaban J connectivity index is 1.70. The molecule has 8 nitrogen and oxygen atoms in total. The van der Waals surface area contributed by atoms with Gasteiger partial charge in [0, 0.05) is 32.7 Å². The highest BCUT2D eigenvalue weighted by molar-refractivity contribution is 7.89. The van der Waals surface area contributed by atoms with Gasteiger partial charge < -0.3 is 10.0 Å². The highest BCUT2D eigenvalue weighted by Crippen LogP contribution is 2.30. The number of rotatable bonds is 5. The molecule has 1 aromatic rings. The van der Waals surface area contributed by atoms with Crippen LogP contribution in [0.3, 0.4) is 0 Å². The van der Waals surface area contributed by atoms with Crippen LogP contribution in [-0.4, -0.2) is 71.6 Å². The summed E-state index contributed by atoms with van der Waals surface area (Å²) in [7, 11) is -3.82. The molecule has 0 bridgehead atoms. The first-order chi connectivity index (χ1) is 9.98. The van der Waals surface area contributed by atoms with Crippen LogP contribution in [0.5, 0.6) is 0 Å². The van der Waals surface area contributed by atoms with Crippen molar-refractivity contribution in [3.05, 3.63) is 11.8 Å². The minimum absolute atomic E-state index is 0.310. The summed E-state index contributed by atoms with van der Waals surface area (Å²) in [6.07, 6.45) is 3.57. The van der Waals surface area contributed by atoms with Crippen LogP contribution in [0.2, 0.25) is 0 Å². The lowest BCUT2D eigenvalue weighted by atomic mass is 10.3. The normalized spacial score (nSPS) is 21.5. The molecule has 2 heterocycles. The molecule has 1 saturated carbocycles. The van der Waals surface area contributed by atoms with E-state index >= 15 is 0 Å². The van der Waals surface area contributed by atoms with Gasteiger partial charge in [0.2, 0.25) is 0 Å². The largest absolute Gasteiger partial charge is 0.478 e. The molecule has 1 aliphatic heterocycles. The first kappa shape index (κ1) is 14.5. The molecule has 116 valence electrons. The maximum atomic E-state index is 12.5. The SMILES string of the molecule is O=C(O)c1cn[nH]c1S(=O)(=O)N1CCN(CC2CC2)CC1. The molecular formula is C12H18N4O4S.